The summed E-state index contributed by atoms with van der Waals surface area (Å²) >= 11 is 0. The monoisotopic (exact) mass is 332 g/mol. The molecule has 2 atom stereocenters. The molecule has 0 aliphatic carbocycles. The van der Waals surface area contributed by atoms with Crippen LogP contribution >= 0.6 is 0 Å². The maximum absolute atomic E-state index is 12.6. The van der Waals surface area contributed by atoms with Gasteiger partial charge in [-0.05, 0) is 38.6 Å². The number of amides is 1. The highest BCUT2D eigenvalue weighted by atomic mass is 16.5. The molecule has 2 aromatic heterocycles. The van der Waals surface area contributed by atoms with Crippen LogP contribution in [0.3, 0.4) is 0 Å². The molecule has 3 heterocycles. The van der Waals surface area contributed by atoms with E-state index in [0.29, 0.717) is 17.5 Å². The Hall–Kier alpha value is -2.22. The Balaban J connectivity index is 1.60. The number of anilines is 1. The SMILES string of the molecule is CC[C@@H](C(=O)Nc1cc(C)on1)N1CCC[C@H](Cn2cncn2)C1. The van der Waals surface area contributed by atoms with Gasteiger partial charge in [0, 0.05) is 19.2 Å². The zero-order valence-electron chi connectivity index (χ0n) is 14.2. The minimum atomic E-state index is -0.152. The van der Waals surface area contributed by atoms with Crippen LogP contribution in [0.4, 0.5) is 5.82 Å². The van der Waals surface area contributed by atoms with Crippen molar-refractivity contribution in [3.63, 3.8) is 0 Å². The van der Waals surface area contributed by atoms with Gasteiger partial charge in [0.1, 0.15) is 18.4 Å². The number of nitrogens with one attached hydrogen (secondary N) is 1. The number of aryl methyl sites for hydroxylation is 1. The van der Waals surface area contributed by atoms with Crippen LogP contribution in [-0.2, 0) is 11.3 Å². The van der Waals surface area contributed by atoms with Crippen molar-refractivity contribution in [1.29, 1.82) is 0 Å². The average molecular weight is 332 g/mol. The average Bonchev–Trinajstić information content (AvgIpc) is 3.20. The van der Waals surface area contributed by atoms with Crippen molar-refractivity contribution in [3.05, 3.63) is 24.5 Å². The fraction of sp³-hybridized carbons (Fsp3) is 0.625. The van der Waals surface area contributed by atoms with E-state index >= 15 is 0 Å². The molecule has 1 amide bonds. The molecule has 2 aromatic rings. The second kappa shape index (κ2) is 7.57. The first kappa shape index (κ1) is 16.6. The van der Waals surface area contributed by atoms with E-state index in [1.165, 1.54) is 0 Å². The van der Waals surface area contributed by atoms with Crippen molar-refractivity contribution in [2.24, 2.45) is 5.92 Å². The molecule has 1 N–H and O–H groups in total. The number of hydrogen-bond donors (Lipinski definition) is 1. The van der Waals surface area contributed by atoms with Gasteiger partial charge in [-0.3, -0.25) is 14.4 Å². The van der Waals surface area contributed by atoms with Gasteiger partial charge in [-0.25, -0.2) is 4.98 Å². The minimum Gasteiger partial charge on any atom is -0.360 e. The Morgan fingerprint density at radius 3 is 3.08 bits per heavy atom. The number of carbonyl (C=O) groups is 1. The Kier molecular flexibility index (Phi) is 5.24. The molecule has 0 aromatic carbocycles. The number of rotatable bonds is 6. The minimum absolute atomic E-state index is 0.0211. The molecule has 8 nitrogen and oxygen atoms in total. The summed E-state index contributed by atoms with van der Waals surface area (Å²) in [5.41, 5.74) is 0. The molecule has 130 valence electrons. The van der Waals surface area contributed by atoms with Crippen LogP contribution in [0.2, 0.25) is 0 Å². The molecule has 1 aliphatic heterocycles. The largest absolute Gasteiger partial charge is 0.360 e. The van der Waals surface area contributed by atoms with Gasteiger partial charge in [-0.2, -0.15) is 5.10 Å². The Morgan fingerprint density at radius 1 is 1.54 bits per heavy atom. The first-order valence-corrected chi connectivity index (χ1v) is 8.46. The van der Waals surface area contributed by atoms with E-state index < -0.39 is 0 Å². The molecule has 24 heavy (non-hydrogen) atoms. The van der Waals surface area contributed by atoms with Crippen LogP contribution in [-0.4, -0.2) is 49.9 Å². The number of hydrogen-bond acceptors (Lipinski definition) is 6. The fourth-order valence-corrected chi connectivity index (χ4v) is 3.37. The second-order valence-corrected chi connectivity index (χ2v) is 6.36. The zero-order chi connectivity index (χ0) is 16.9. The number of piperidine rings is 1. The van der Waals surface area contributed by atoms with Crippen LogP contribution in [0.25, 0.3) is 0 Å². The van der Waals surface area contributed by atoms with Crippen molar-refractivity contribution < 1.29 is 9.32 Å². The van der Waals surface area contributed by atoms with Crippen molar-refractivity contribution in [1.82, 2.24) is 24.8 Å². The molecular weight excluding hydrogens is 308 g/mol. The molecular formula is C16H24N6O2. The van der Waals surface area contributed by atoms with Crippen molar-refractivity contribution in [2.45, 2.75) is 45.7 Å². The Morgan fingerprint density at radius 2 is 2.42 bits per heavy atom. The summed E-state index contributed by atoms with van der Waals surface area (Å²) in [5, 5.41) is 10.9. The first-order chi connectivity index (χ1) is 11.7. The van der Waals surface area contributed by atoms with Crippen LogP contribution in [0.5, 0.6) is 0 Å². The van der Waals surface area contributed by atoms with Gasteiger partial charge in [-0.15, -0.1) is 0 Å². The molecule has 0 radical (unpaired) electrons. The quantitative estimate of drug-likeness (QED) is 0.866. The summed E-state index contributed by atoms with van der Waals surface area (Å²) in [6.07, 6.45) is 6.31. The third-order valence-corrected chi connectivity index (χ3v) is 4.47. The third-order valence-electron chi connectivity index (χ3n) is 4.47. The normalized spacial score (nSPS) is 20.0. The van der Waals surface area contributed by atoms with Gasteiger partial charge in [0.2, 0.25) is 5.91 Å². The molecule has 1 saturated heterocycles. The summed E-state index contributed by atoms with van der Waals surface area (Å²) < 4.78 is 6.87. The second-order valence-electron chi connectivity index (χ2n) is 6.36. The number of nitrogens with zero attached hydrogens (tertiary/aromatic N) is 5. The van der Waals surface area contributed by atoms with E-state index in [-0.39, 0.29) is 11.9 Å². The topological polar surface area (TPSA) is 89.1 Å². The molecule has 3 rings (SSSR count). The molecule has 0 saturated carbocycles. The summed E-state index contributed by atoms with van der Waals surface area (Å²) in [7, 11) is 0. The van der Waals surface area contributed by atoms with Crippen LogP contribution in [0.15, 0.2) is 23.2 Å². The van der Waals surface area contributed by atoms with Crippen molar-refractivity contribution in [2.75, 3.05) is 18.4 Å². The Labute approximate surface area is 141 Å². The molecule has 0 bridgehead atoms. The lowest BCUT2D eigenvalue weighted by Gasteiger charge is -2.37. The van der Waals surface area contributed by atoms with Crippen molar-refractivity contribution in [3.8, 4) is 0 Å². The van der Waals surface area contributed by atoms with Gasteiger partial charge in [0.05, 0.1) is 6.04 Å². The summed E-state index contributed by atoms with van der Waals surface area (Å²) in [5.74, 6) is 1.63. The van der Waals surface area contributed by atoms with Gasteiger partial charge in [0.15, 0.2) is 5.82 Å². The highest BCUT2D eigenvalue weighted by Crippen LogP contribution is 2.22. The predicted molar refractivity (Wildman–Crippen MR) is 88.3 cm³/mol. The van der Waals surface area contributed by atoms with E-state index in [9.17, 15) is 4.79 Å². The lowest BCUT2D eigenvalue weighted by Crippen LogP contribution is -2.49. The lowest BCUT2D eigenvalue weighted by molar-refractivity contribution is -0.122. The maximum Gasteiger partial charge on any atom is 0.242 e. The van der Waals surface area contributed by atoms with Gasteiger partial charge in [0.25, 0.3) is 0 Å². The molecule has 0 unspecified atom stereocenters. The molecule has 1 fully saturated rings. The van der Waals surface area contributed by atoms with E-state index in [0.717, 1.165) is 38.9 Å². The number of carbonyl (C=O) groups excluding carboxylic acids is 1. The van der Waals surface area contributed by atoms with E-state index in [1.54, 1.807) is 25.6 Å². The van der Waals surface area contributed by atoms with E-state index in [2.05, 4.69) is 25.5 Å². The van der Waals surface area contributed by atoms with Crippen molar-refractivity contribution >= 4 is 11.7 Å². The third kappa shape index (κ3) is 4.00. The molecule has 1 aliphatic rings. The highest BCUT2D eigenvalue weighted by molar-refractivity contribution is 5.93. The number of aromatic nitrogens is 4. The number of likely N-dealkylation sites (tertiary alicyclic amines) is 1. The van der Waals surface area contributed by atoms with Gasteiger partial charge < -0.3 is 9.84 Å². The summed E-state index contributed by atoms with van der Waals surface area (Å²) in [6.45, 7) is 6.52. The lowest BCUT2D eigenvalue weighted by atomic mass is 9.96. The van der Waals surface area contributed by atoms with E-state index in [4.69, 9.17) is 4.52 Å². The predicted octanol–water partition coefficient (Wildman–Crippen LogP) is 1.70. The highest BCUT2D eigenvalue weighted by Gasteiger charge is 2.30. The first-order valence-electron chi connectivity index (χ1n) is 8.46. The fourth-order valence-electron chi connectivity index (χ4n) is 3.37. The van der Waals surface area contributed by atoms with Gasteiger partial charge >= 0.3 is 0 Å². The summed E-state index contributed by atoms with van der Waals surface area (Å²) in [6, 6.07) is 1.58. The summed E-state index contributed by atoms with van der Waals surface area (Å²) in [4.78, 5) is 18.9. The van der Waals surface area contributed by atoms with Crippen LogP contribution in [0.1, 0.15) is 31.9 Å². The molecule has 0 spiro atoms. The van der Waals surface area contributed by atoms with Crippen LogP contribution in [0, 0.1) is 12.8 Å². The maximum atomic E-state index is 12.6. The standard InChI is InChI=1S/C16H24N6O2/c1-3-14(16(23)19-15-7-12(2)24-20-15)21-6-4-5-13(8-21)9-22-11-17-10-18-22/h7,10-11,13-14H,3-6,8-9H2,1-2H3,(H,19,20,23)/t13-,14-/m0/s1. The smallest absolute Gasteiger partial charge is 0.242 e. The molecule has 8 heteroatoms. The Bertz CT molecular complexity index is 653. The van der Waals surface area contributed by atoms with Crippen LogP contribution < -0.4 is 5.32 Å². The van der Waals surface area contributed by atoms with Gasteiger partial charge in [-0.1, -0.05) is 12.1 Å². The zero-order valence-corrected chi connectivity index (χ0v) is 14.2. The van der Waals surface area contributed by atoms with E-state index in [1.807, 2.05) is 11.6 Å².